The minimum atomic E-state index is -4.30. The molecule has 0 atom stereocenters. The molecular formula is C13H15BrF3NO. The summed E-state index contributed by atoms with van der Waals surface area (Å²) in [4.78, 5) is 0. The van der Waals surface area contributed by atoms with Gasteiger partial charge in [-0.25, -0.2) is 0 Å². The summed E-state index contributed by atoms with van der Waals surface area (Å²) in [5.74, 6) is 0.455. The van der Waals surface area contributed by atoms with Crippen molar-refractivity contribution < 1.29 is 17.9 Å². The van der Waals surface area contributed by atoms with Crippen LogP contribution >= 0.6 is 15.9 Å². The van der Waals surface area contributed by atoms with E-state index in [1.165, 1.54) is 0 Å². The van der Waals surface area contributed by atoms with E-state index in [-0.39, 0.29) is 12.5 Å². The number of halogens is 4. The molecule has 0 aliphatic rings. The van der Waals surface area contributed by atoms with E-state index in [0.29, 0.717) is 28.1 Å². The number of hydrogen-bond donors (Lipinski definition) is 1. The Morgan fingerprint density at radius 2 is 2.05 bits per heavy atom. The van der Waals surface area contributed by atoms with Crippen molar-refractivity contribution in [2.24, 2.45) is 0 Å². The first kappa shape index (κ1) is 15.9. The van der Waals surface area contributed by atoms with Gasteiger partial charge < -0.3 is 10.5 Å². The topological polar surface area (TPSA) is 35.2 Å². The Morgan fingerprint density at radius 3 is 2.63 bits per heavy atom. The molecule has 6 heteroatoms. The van der Waals surface area contributed by atoms with Crippen molar-refractivity contribution in [2.75, 3.05) is 12.3 Å². The highest BCUT2D eigenvalue weighted by molar-refractivity contribution is 9.10. The summed E-state index contributed by atoms with van der Waals surface area (Å²) in [6, 6.07) is 3.38. The van der Waals surface area contributed by atoms with Gasteiger partial charge in [0.05, 0.1) is 12.3 Å². The lowest BCUT2D eigenvalue weighted by Crippen LogP contribution is -2.04. The molecule has 1 aromatic carbocycles. The van der Waals surface area contributed by atoms with Crippen LogP contribution in [0.3, 0.4) is 0 Å². The van der Waals surface area contributed by atoms with Crippen molar-refractivity contribution in [2.45, 2.75) is 25.9 Å². The summed E-state index contributed by atoms with van der Waals surface area (Å²) in [5, 5.41) is 0. The SMILES string of the molecule is CCCOc1c(N)cc(Br)cc1C/C=C/C(F)(F)F. The number of rotatable bonds is 5. The van der Waals surface area contributed by atoms with Gasteiger partial charge in [0, 0.05) is 16.1 Å². The predicted molar refractivity (Wildman–Crippen MR) is 73.2 cm³/mol. The van der Waals surface area contributed by atoms with Gasteiger partial charge in [0.15, 0.2) is 0 Å². The lowest BCUT2D eigenvalue weighted by Gasteiger charge is -2.13. The fraction of sp³-hybridized carbons (Fsp3) is 0.385. The summed E-state index contributed by atoms with van der Waals surface area (Å²) < 4.78 is 42.4. The molecule has 0 heterocycles. The minimum absolute atomic E-state index is 0.113. The maximum atomic E-state index is 12.1. The van der Waals surface area contributed by atoms with Crippen LogP contribution in [0.5, 0.6) is 5.75 Å². The number of hydrogen-bond acceptors (Lipinski definition) is 2. The monoisotopic (exact) mass is 337 g/mol. The van der Waals surface area contributed by atoms with Crippen LogP contribution in [0, 0.1) is 0 Å². The first-order valence-electron chi connectivity index (χ1n) is 5.78. The fourth-order valence-electron chi connectivity index (χ4n) is 1.52. The number of alkyl halides is 3. The summed E-state index contributed by atoms with van der Waals surface area (Å²) >= 11 is 3.26. The van der Waals surface area contributed by atoms with Crippen molar-refractivity contribution >= 4 is 21.6 Å². The summed E-state index contributed by atoms with van der Waals surface area (Å²) in [6.45, 7) is 2.42. The lowest BCUT2D eigenvalue weighted by atomic mass is 10.1. The Kier molecular flexibility index (Phi) is 5.72. The number of anilines is 1. The van der Waals surface area contributed by atoms with Crippen LogP contribution in [0.4, 0.5) is 18.9 Å². The van der Waals surface area contributed by atoms with E-state index in [4.69, 9.17) is 10.5 Å². The maximum Gasteiger partial charge on any atom is 0.409 e. The highest BCUT2D eigenvalue weighted by atomic mass is 79.9. The molecular weight excluding hydrogens is 323 g/mol. The van der Waals surface area contributed by atoms with Crippen molar-refractivity contribution in [1.29, 1.82) is 0 Å². The minimum Gasteiger partial charge on any atom is -0.491 e. The third-order valence-corrected chi connectivity index (χ3v) is 2.71. The van der Waals surface area contributed by atoms with E-state index in [0.717, 1.165) is 12.5 Å². The largest absolute Gasteiger partial charge is 0.491 e. The van der Waals surface area contributed by atoms with E-state index in [2.05, 4.69) is 15.9 Å². The Morgan fingerprint density at radius 1 is 1.37 bits per heavy atom. The molecule has 0 aromatic heterocycles. The predicted octanol–water partition coefficient (Wildman–Crippen LogP) is 4.48. The highest BCUT2D eigenvalue weighted by Crippen LogP contribution is 2.31. The first-order valence-corrected chi connectivity index (χ1v) is 6.58. The zero-order valence-corrected chi connectivity index (χ0v) is 12.0. The second-order valence-corrected chi connectivity index (χ2v) is 4.90. The Hall–Kier alpha value is -1.17. The maximum absolute atomic E-state index is 12.1. The third-order valence-electron chi connectivity index (χ3n) is 2.25. The van der Waals surface area contributed by atoms with Crippen LogP contribution in [-0.2, 0) is 6.42 Å². The van der Waals surface area contributed by atoms with Crippen LogP contribution < -0.4 is 10.5 Å². The Balaban J connectivity index is 2.94. The smallest absolute Gasteiger partial charge is 0.409 e. The molecule has 0 fully saturated rings. The summed E-state index contributed by atoms with van der Waals surface area (Å²) in [7, 11) is 0. The molecule has 0 radical (unpaired) electrons. The second-order valence-electron chi connectivity index (χ2n) is 3.98. The van der Waals surface area contributed by atoms with Gasteiger partial charge in [-0.2, -0.15) is 13.2 Å². The zero-order chi connectivity index (χ0) is 14.5. The molecule has 2 nitrogen and oxygen atoms in total. The quantitative estimate of drug-likeness (QED) is 0.635. The van der Waals surface area contributed by atoms with Gasteiger partial charge in [-0.15, -0.1) is 0 Å². The van der Waals surface area contributed by atoms with E-state index in [9.17, 15) is 13.2 Å². The van der Waals surface area contributed by atoms with Gasteiger partial charge in [0.25, 0.3) is 0 Å². The molecule has 0 spiro atoms. The third kappa shape index (κ3) is 5.55. The van der Waals surface area contributed by atoms with Crippen LogP contribution in [0.25, 0.3) is 0 Å². The molecule has 19 heavy (non-hydrogen) atoms. The molecule has 0 amide bonds. The number of benzene rings is 1. The van der Waals surface area contributed by atoms with Gasteiger partial charge in [0.2, 0.25) is 0 Å². The van der Waals surface area contributed by atoms with Gasteiger partial charge in [-0.05, 0) is 25.0 Å². The van der Waals surface area contributed by atoms with Crippen molar-refractivity contribution in [3.05, 3.63) is 34.3 Å². The molecule has 0 aliphatic heterocycles. The molecule has 1 aromatic rings. The number of nitrogen functional groups attached to an aromatic ring is 1. The Bertz CT molecular complexity index is 458. The highest BCUT2D eigenvalue weighted by Gasteiger charge is 2.21. The molecule has 0 aliphatic carbocycles. The van der Waals surface area contributed by atoms with Gasteiger partial charge in [-0.3, -0.25) is 0 Å². The van der Waals surface area contributed by atoms with E-state index in [1.54, 1.807) is 12.1 Å². The standard InChI is InChI=1S/C13H15BrF3NO/c1-2-6-19-12-9(4-3-5-13(15,16)17)7-10(14)8-11(12)18/h3,5,7-8H,2,4,6,18H2,1H3/b5-3+. The number of nitrogens with two attached hydrogens (primary N) is 1. The molecule has 0 saturated heterocycles. The van der Waals surface area contributed by atoms with Gasteiger partial charge >= 0.3 is 6.18 Å². The lowest BCUT2D eigenvalue weighted by molar-refractivity contribution is -0.0800. The van der Waals surface area contributed by atoms with E-state index >= 15 is 0 Å². The molecule has 0 unspecified atom stereocenters. The molecule has 2 N–H and O–H groups in total. The summed E-state index contributed by atoms with van der Waals surface area (Å²) in [5.41, 5.74) is 6.86. The normalized spacial score (nSPS) is 12.1. The van der Waals surface area contributed by atoms with Gasteiger partial charge in [-0.1, -0.05) is 28.9 Å². The van der Waals surface area contributed by atoms with Crippen molar-refractivity contribution in [3.8, 4) is 5.75 Å². The molecule has 1 rings (SSSR count). The van der Waals surface area contributed by atoms with Gasteiger partial charge in [0.1, 0.15) is 5.75 Å². The average Bonchev–Trinajstić information content (AvgIpc) is 2.26. The van der Waals surface area contributed by atoms with Crippen molar-refractivity contribution in [1.82, 2.24) is 0 Å². The van der Waals surface area contributed by atoms with E-state index < -0.39 is 6.18 Å². The zero-order valence-electron chi connectivity index (χ0n) is 10.4. The number of allylic oxidation sites excluding steroid dienone is 2. The van der Waals surface area contributed by atoms with Crippen LogP contribution in [0.1, 0.15) is 18.9 Å². The van der Waals surface area contributed by atoms with Crippen LogP contribution in [0.2, 0.25) is 0 Å². The number of ether oxygens (including phenoxy) is 1. The second kappa shape index (κ2) is 6.84. The molecule has 106 valence electrons. The first-order chi connectivity index (χ1) is 8.83. The average molecular weight is 338 g/mol. The summed E-state index contributed by atoms with van der Waals surface area (Å²) in [6.07, 6.45) is -2.12. The Labute approximate surface area is 118 Å². The van der Waals surface area contributed by atoms with Crippen LogP contribution in [-0.4, -0.2) is 12.8 Å². The van der Waals surface area contributed by atoms with E-state index in [1.807, 2.05) is 6.92 Å². The molecule has 0 saturated carbocycles. The fourth-order valence-corrected chi connectivity index (χ4v) is 2.05. The van der Waals surface area contributed by atoms with Crippen molar-refractivity contribution in [3.63, 3.8) is 0 Å². The van der Waals surface area contributed by atoms with Crippen LogP contribution in [0.15, 0.2) is 28.8 Å². The molecule has 0 bridgehead atoms.